The number of hydrogen-bond acceptors (Lipinski definition) is 4. The van der Waals surface area contributed by atoms with E-state index in [1.807, 2.05) is 6.07 Å². The van der Waals surface area contributed by atoms with Crippen molar-refractivity contribution in [3.63, 3.8) is 0 Å². The normalized spacial score (nSPS) is 10.2. The van der Waals surface area contributed by atoms with Gasteiger partial charge in [-0.2, -0.15) is 0 Å². The highest BCUT2D eigenvalue weighted by atomic mass is 16.5. The van der Waals surface area contributed by atoms with Crippen molar-refractivity contribution in [2.24, 2.45) is 0 Å². The maximum Gasteiger partial charge on any atom is 0.309 e. The lowest BCUT2D eigenvalue weighted by atomic mass is 10.2. The van der Waals surface area contributed by atoms with Crippen LogP contribution in [0.3, 0.4) is 0 Å². The zero-order chi connectivity index (χ0) is 10.8. The fraction of sp³-hybridized carbons (Fsp3) is 0.0909. The second-order valence-electron chi connectivity index (χ2n) is 3.09. The lowest BCUT2D eigenvalue weighted by Gasteiger charge is -2.03. The summed E-state index contributed by atoms with van der Waals surface area (Å²) in [4.78, 5) is 14.7. The molecule has 0 bridgehead atoms. The van der Waals surface area contributed by atoms with E-state index in [1.165, 1.54) is 13.0 Å². The van der Waals surface area contributed by atoms with Gasteiger partial charge in [-0.1, -0.05) is 12.1 Å². The third kappa shape index (κ3) is 1.88. The smallest absolute Gasteiger partial charge is 0.309 e. The number of nitrogens with zero attached hydrogens (tertiary/aromatic N) is 1. The van der Waals surface area contributed by atoms with Gasteiger partial charge in [0.2, 0.25) is 5.88 Å². The van der Waals surface area contributed by atoms with E-state index in [0.717, 1.165) is 5.39 Å². The SMILES string of the molecule is CC(=O)Oc1ccc2cccc(O)c2n1. The molecule has 1 heterocycles. The van der Waals surface area contributed by atoms with Gasteiger partial charge in [0, 0.05) is 18.4 Å². The quantitative estimate of drug-likeness (QED) is 0.719. The Kier molecular flexibility index (Phi) is 2.25. The van der Waals surface area contributed by atoms with Crippen LogP contribution >= 0.6 is 0 Å². The molecule has 76 valence electrons. The standard InChI is InChI=1S/C11H9NO3/c1-7(13)15-10-6-5-8-3-2-4-9(14)11(8)12-10/h2-6,14H,1H3. The summed E-state index contributed by atoms with van der Waals surface area (Å²) in [5.41, 5.74) is 0.427. The molecule has 0 radical (unpaired) electrons. The monoisotopic (exact) mass is 203 g/mol. The summed E-state index contributed by atoms with van der Waals surface area (Å²) < 4.78 is 4.82. The van der Waals surface area contributed by atoms with Gasteiger partial charge in [0.15, 0.2) is 0 Å². The number of rotatable bonds is 1. The Morgan fingerprint density at radius 2 is 2.13 bits per heavy atom. The molecule has 15 heavy (non-hydrogen) atoms. The van der Waals surface area contributed by atoms with Crippen LogP contribution in [0.5, 0.6) is 11.6 Å². The van der Waals surface area contributed by atoms with E-state index in [4.69, 9.17) is 4.74 Å². The Bertz CT molecular complexity index is 522. The number of hydrogen-bond donors (Lipinski definition) is 1. The number of carbonyl (C=O) groups excluding carboxylic acids is 1. The topological polar surface area (TPSA) is 59.4 Å². The first-order valence-electron chi connectivity index (χ1n) is 4.44. The van der Waals surface area contributed by atoms with Crippen LogP contribution in [0.4, 0.5) is 0 Å². The molecule has 4 nitrogen and oxygen atoms in total. The Labute approximate surface area is 86.1 Å². The molecular formula is C11H9NO3. The predicted molar refractivity (Wildman–Crippen MR) is 54.7 cm³/mol. The summed E-state index contributed by atoms with van der Waals surface area (Å²) in [6.07, 6.45) is 0. The van der Waals surface area contributed by atoms with Crippen LogP contribution in [0.15, 0.2) is 30.3 Å². The maximum absolute atomic E-state index is 10.7. The zero-order valence-electron chi connectivity index (χ0n) is 8.10. The van der Waals surface area contributed by atoms with E-state index in [9.17, 15) is 9.90 Å². The van der Waals surface area contributed by atoms with Crippen molar-refractivity contribution in [3.8, 4) is 11.6 Å². The van der Waals surface area contributed by atoms with Crippen LogP contribution in [0, 0.1) is 0 Å². The molecule has 0 saturated heterocycles. The maximum atomic E-state index is 10.7. The molecule has 0 spiro atoms. The van der Waals surface area contributed by atoms with E-state index in [0.29, 0.717) is 5.52 Å². The van der Waals surface area contributed by atoms with Crippen LogP contribution < -0.4 is 4.74 Å². The summed E-state index contributed by atoms with van der Waals surface area (Å²) in [7, 11) is 0. The number of para-hydroxylation sites is 1. The number of aromatic hydroxyl groups is 1. The molecule has 1 N–H and O–H groups in total. The second kappa shape index (κ2) is 3.57. The lowest BCUT2D eigenvalue weighted by Crippen LogP contribution is -2.02. The number of pyridine rings is 1. The van der Waals surface area contributed by atoms with Gasteiger partial charge in [-0.05, 0) is 12.1 Å². The average Bonchev–Trinajstić information content (AvgIpc) is 2.18. The molecule has 0 unspecified atom stereocenters. The van der Waals surface area contributed by atoms with E-state index < -0.39 is 5.97 Å². The van der Waals surface area contributed by atoms with Crippen LogP contribution in [0.25, 0.3) is 10.9 Å². The Morgan fingerprint density at radius 1 is 1.33 bits per heavy atom. The molecule has 0 atom stereocenters. The van der Waals surface area contributed by atoms with E-state index in [-0.39, 0.29) is 11.6 Å². The van der Waals surface area contributed by atoms with Gasteiger partial charge in [-0.15, -0.1) is 0 Å². The van der Waals surface area contributed by atoms with Gasteiger partial charge in [-0.25, -0.2) is 4.98 Å². The number of phenols is 1. The average molecular weight is 203 g/mol. The fourth-order valence-corrected chi connectivity index (χ4v) is 1.32. The minimum Gasteiger partial charge on any atom is -0.506 e. The summed E-state index contributed by atoms with van der Waals surface area (Å²) in [6, 6.07) is 8.40. The van der Waals surface area contributed by atoms with Gasteiger partial charge in [0.1, 0.15) is 11.3 Å². The van der Waals surface area contributed by atoms with E-state index >= 15 is 0 Å². The highest BCUT2D eigenvalue weighted by Crippen LogP contribution is 2.24. The van der Waals surface area contributed by atoms with Gasteiger partial charge < -0.3 is 9.84 Å². The summed E-state index contributed by atoms with van der Waals surface area (Å²) in [5, 5.41) is 10.3. The highest BCUT2D eigenvalue weighted by molar-refractivity contribution is 5.84. The van der Waals surface area contributed by atoms with Gasteiger partial charge in [-0.3, -0.25) is 4.79 Å². The number of aromatic nitrogens is 1. The third-order valence-corrected chi connectivity index (χ3v) is 1.92. The lowest BCUT2D eigenvalue weighted by molar-refractivity contribution is -0.132. The zero-order valence-corrected chi connectivity index (χ0v) is 8.10. The molecule has 0 fully saturated rings. The first-order chi connectivity index (χ1) is 7.16. The molecule has 2 aromatic rings. The molecule has 2 rings (SSSR count). The van der Waals surface area contributed by atoms with Crippen molar-refractivity contribution in [2.45, 2.75) is 6.92 Å². The summed E-state index contributed by atoms with van der Waals surface area (Å²) in [6.45, 7) is 1.30. The van der Waals surface area contributed by atoms with Crippen LogP contribution in [0.1, 0.15) is 6.92 Å². The minimum absolute atomic E-state index is 0.0708. The van der Waals surface area contributed by atoms with Crippen molar-refractivity contribution < 1.29 is 14.6 Å². The highest BCUT2D eigenvalue weighted by Gasteiger charge is 2.04. The van der Waals surface area contributed by atoms with Crippen LogP contribution in [-0.2, 0) is 4.79 Å². The molecule has 4 heteroatoms. The van der Waals surface area contributed by atoms with Crippen molar-refractivity contribution in [1.82, 2.24) is 4.98 Å². The van der Waals surface area contributed by atoms with Crippen molar-refractivity contribution in [1.29, 1.82) is 0 Å². The summed E-state index contributed by atoms with van der Waals surface area (Å²) in [5.74, 6) is -0.171. The van der Waals surface area contributed by atoms with Crippen molar-refractivity contribution >= 4 is 16.9 Å². The number of esters is 1. The van der Waals surface area contributed by atoms with Crippen molar-refractivity contribution in [2.75, 3.05) is 0 Å². The largest absolute Gasteiger partial charge is 0.506 e. The Morgan fingerprint density at radius 3 is 2.87 bits per heavy atom. The molecular weight excluding hydrogens is 194 g/mol. The van der Waals surface area contributed by atoms with Gasteiger partial charge >= 0.3 is 5.97 Å². The minimum atomic E-state index is -0.433. The molecule has 0 amide bonds. The van der Waals surface area contributed by atoms with Gasteiger partial charge in [0.05, 0.1) is 0 Å². The van der Waals surface area contributed by atoms with E-state index in [1.54, 1.807) is 18.2 Å². The number of phenolic OH excluding ortho intramolecular Hbond substituents is 1. The van der Waals surface area contributed by atoms with Crippen LogP contribution in [0.2, 0.25) is 0 Å². The van der Waals surface area contributed by atoms with Crippen LogP contribution in [-0.4, -0.2) is 16.1 Å². The number of fused-ring (bicyclic) bond motifs is 1. The molecule has 1 aromatic heterocycles. The number of carbonyl (C=O) groups is 1. The molecule has 0 aliphatic rings. The van der Waals surface area contributed by atoms with E-state index in [2.05, 4.69) is 4.98 Å². The third-order valence-electron chi connectivity index (χ3n) is 1.92. The predicted octanol–water partition coefficient (Wildman–Crippen LogP) is 1.87. The first-order valence-corrected chi connectivity index (χ1v) is 4.44. The van der Waals surface area contributed by atoms with Gasteiger partial charge in [0.25, 0.3) is 0 Å². The molecule has 0 aliphatic carbocycles. The number of benzene rings is 1. The Balaban J connectivity index is 2.54. The van der Waals surface area contributed by atoms with Crippen molar-refractivity contribution in [3.05, 3.63) is 30.3 Å². The molecule has 1 aromatic carbocycles. The first kappa shape index (κ1) is 9.45. The number of ether oxygens (including phenoxy) is 1. The molecule has 0 aliphatic heterocycles. The Hall–Kier alpha value is -2.10. The summed E-state index contributed by atoms with van der Waals surface area (Å²) >= 11 is 0. The molecule has 0 saturated carbocycles. The fourth-order valence-electron chi connectivity index (χ4n) is 1.32. The second-order valence-corrected chi connectivity index (χ2v) is 3.09.